The first-order valence-electron chi connectivity index (χ1n) is 9.63. The van der Waals surface area contributed by atoms with Gasteiger partial charge in [-0.05, 0) is 68.5 Å². The molecule has 1 amide bonds. The Balaban J connectivity index is 1.77. The first-order valence-corrected chi connectivity index (χ1v) is 9.63. The molecule has 3 nitrogen and oxygen atoms in total. The smallest absolute Gasteiger partial charge is 0.253 e. The Hall–Kier alpha value is -2.29. The molecule has 2 aromatic rings. The number of nitrogens with zero attached hydrogens (tertiary/aromatic N) is 2. The van der Waals surface area contributed by atoms with Crippen LogP contribution in [0.15, 0.2) is 48.5 Å². The van der Waals surface area contributed by atoms with Crippen molar-refractivity contribution in [1.29, 1.82) is 0 Å². The summed E-state index contributed by atoms with van der Waals surface area (Å²) >= 11 is 0. The topological polar surface area (TPSA) is 23.6 Å². The summed E-state index contributed by atoms with van der Waals surface area (Å²) < 4.78 is 0. The van der Waals surface area contributed by atoms with Crippen molar-refractivity contribution in [3.8, 4) is 0 Å². The molecular formula is C23H30N2O. The molecule has 0 radical (unpaired) electrons. The summed E-state index contributed by atoms with van der Waals surface area (Å²) in [6.07, 6.45) is 2.28. The van der Waals surface area contributed by atoms with Crippen LogP contribution in [-0.4, -0.2) is 30.4 Å². The van der Waals surface area contributed by atoms with Gasteiger partial charge in [0.1, 0.15) is 0 Å². The zero-order chi connectivity index (χ0) is 18.7. The van der Waals surface area contributed by atoms with Crippen molar-refractivity contribution < 1.29 is 4.79 Å². The number of amides is 1. The van der Waals surface area contributed by atoms with E-state index in [4.69, 9.17) is 0 Å². The van der Waals surface area contributed by atoms with Gasteiger partial charge in [0.25, 0.3) is 5.91 Å². The van der Waals surface area contributed by atoms with Gasteiger partial charge in [-0.1, -0.05) is 31.5 Å². The lowest BCUT2D eigenvalue weighted by Gasteiger charge is -2.38. The maximum absolute atomic E-state index is 12.9. The normalized spacial score (nSPS) is 16.4. The highest BCUT2D eigenvalue weighted by atomic mass is 16.2. The summed E-state index contributed by atoms with van der Waals surface area (Å²) in [5.74, 6) is 0.155. The van der Waals surface area contributed by atoms with Crippen LogP contribution in [0.5, 0.6) is 0 Å². The fourth-order valence-corrected chi connectivity index (χ4v) is 3.80. The van der Waals surface area contributed by atoms with Crippen molar-refractivity contribution in [2.24, 2.45) is 5.41 Å². The molecule has 3 rings (SSSR count). The van der Waals surface area contributed by atoms with Crippen LogP contribution >= 0.6 is 0 Å². The quantitative estimate of drug-likeness (QED) is 0.735. The van der Waals surface area contributed by atoms with Gasteiger partial charge in [0, 0.05) is 36.6 Å². The van der Waals surface area contributed by atoms with Crippen molar-refractivity contribution in [2.45, 2.75) is 40.5 Å². The second-order valence-corrected chi connectivity index (χ2v) is 8.12. The molecule has 0 atom stereocenters. The lowest BCUT2D eigenvalue weighted by molar-refractivity contribution is 0.0583. The van der Waals surface area contributed by atoms with Crippen molar-refractivity contribution in [2.75, 3.05) is 24.5 Å². The largest absolute Gasteiger partial charge is 0.342 e. The molecule has 1 fully saturated rings. The Kier molecular flexibility index (Phi) is 5.36. The van der Waals surface area contributed by atoms with E-state index in [0.717, 1.165) is 37.3 Å². The highest BCUT2D eigenvalue weighted by molar-refractivity contribution is 5.94. The number of aryl methyl sites for hydroxylation is 1. The number of carbonyl (C=O) groups excluding carboxylic acids is 1. The lowest BCUT2D eigenvalue weighted by Crippen LogP contribution is -2.43. The van der Waals surface area contributed by atoms with Gasteiger partial charge in [-0.15, -0.1) is 0 Å². The zero-order valence-corrected chi connectivity index (χ0v) is 16.5. The first kappa shape index (κ1) is 18.5. The van der Waals surface area contributed by atoms with Crippen LogP contribution in [-0.2, 0) is 0 Å². The third kappa shape index (κ3) is 4.09. The van der Waals surface area contributed by atoms with E-state index in [-0.39, 0.29) is 11.3 Å². The molecule has 0 aromatic heterocycles. The number of piperidine rings is 1. The number of likely N-dealkylation sites (tertiary alicyclic amines) is 1. The number of hydrogen-bond donors (Lipinski definition) is 0. The third-order valence-corrected chi connectivity index (χ3v) is 5.28. The summed E-state index contributed by atoms with van der Waals surface area (Å²) in [6.45, 7) is 11.3. The van der Waals surface area contributed by atoms with Crippen LogP contribution < -0.4 is 4.90 Å². The predicted molar refractivity (Wildman–Crippen MR) is 109 cm³/mol. The fraction of sp³-hybridized carbons (Fsp3) is 0.435. The van der Waals surface area contributed by atoms with E-state index in [1.165, 1.54) is 17.7 Å². The van der Waals surface area contributed by atoms with Crippen LogP contribution in [0.1, 0.15) is 49.5 Å². The number of rotatable bonds is 4. The highest BCUT2D eigenvalue weighted by Gasteiger charge is 2.29. The number of benzene rings is 2. The maximum Gasteiger partial charge on any atom is 0.253 e. The summed E-state index contributed by atoms with van der Waals surface area (Å²) in [6, 6.07) is 16.6. The molecule has 26 heavy (non-hydrogen) atoms. The Labute approximate surface area is 157 Å². The molecule has 1 heterocycles. The second kappa shape index (κ2) is 7.53. The van der Waals surface area contributed by atoms with Gasteiger partial charge in [-0.3, -0.25) is 4.79 Å². The van der Waals surface area contributed by atoms with E-state index < -0.39 is 0 Å². The molecule has 138 valence electrons. The summed E-state index contributed by atoms with van der Waals surface area (Å²) in [5, 5.41) is 0. The molecule has 2 aromatic carbocycles. The van der Waals surface area contributed by atoms with E-state index in [2.05, 4.69) is 69.0 Å². The van der Waals surface area contributed by atoms with Gasteiger partial charge >= 0.3 is 0 Å². The molecule has 1 aliphatic rings. The summed E-state index contributed by atoms with van der Waals surface area (Å²) in [7, 11) is 0. The standard InChI is InChI=1S/C23H30N2O/c1-5-25(20-11-7-18(2)8-12-20)21-13-9-19(10-14-21)22(26)24-16-6-15-23(3,4)17-24/h7-14H,5-6,15-17H2,1-4H3. The minimum atomic E-state index is 0.155. The molecule has 3 heteroatoms. The molecule has 0 unspecified atom stereocenters. The molecular weight excluding hydrogens is 320 g/mol. The fourth-order valence-electron chi connectivity index (χ4n) is 3.80. The van der Waals surface area contributed by atoms with E-state index in [1.807, 2.05) is 17.0 Å². The van der Waals surface area contributed by atoms with Gasteiger partial charge < -0.3 is 9.80 Å². The Morgan fingerprint density at radius 1 is 1.04 bits per heavy atom. The minimum absolute atomic E-state index is 0.155. The molecule has 0 N–H and O–H groups in total. The molecule has 1 aliphatic heterocycles. The monoisotopic (exact) mass is 350 g/mol. The number of carbonyl (C=O) groups is 1. The third-order valence-electron chi connectivity index (χ3n) is 5.28. The van der Waals surface area contributed by atoms with Gasteiger partial charge in [0.2, 0.25) is 0 Å². The van der Waals surface area contributed by atoms with Crippen LogP contribution in [0.4, 0.5) is 11.4 Å². The SMILES string of the molecule is CCN(c1ccc(C)cc1)c1ccc(C(=O)N2CCCC(C)(C)C2)cc1. The van der Waals surface area contributed by atoms with Gasteiger partial charge in [-0.2, -0.15) is 0 Å². The first-order chi connectivity index (χ1) is 12.4. The molecule has 0 bridgehead atoms. The van der Waals surface area contributed by atoms with Crippen LogP contribution in [0, 0.1) is 12.3 Å². The van der Waals surface area contributed by atoms with Crippen LogP contribution in [0.25, 0.3) is 0 Å². The van der Waals surface area contributed by atoms with E-state index in [0.29, 0.717) is 0 Å². The second-order valence-electron chi connectivity index (χ2n) is 8.12. The summed E-state index contributed by atoms with van der Waals surface area (Å²) in [4.78, 5) is 17.1. The van der Waals surface area contributed by atoms with Crippen LogP contribution in [0.3, 0.4) is 0 Å². The summed E-state index contributed by atoms with van der Waals surface area (Å²) in [5.41, 5.74) is 4.56. The van der Waals surface area contributed by atoms with Crippen LogP contribution in [0.2, 0.25) is 0 Å². The molecule has 1 saturated heterocycles. The maximum atomic E-state index is 12.9. The predicted octanol–water partition coefficient (Wildman–Crippen LogP) is 5.42. The van der Waals surface area contributed by atoms with Crippen molar-refractivity contribution in [3.05, 3.63) is 59.7 Å². The van der Waals surface area contributed by atoms with Gasteiger partial charge in [0.15, 0.2) is 0 Å². The average molecular weight is 351 g/mol. The van der Waals surface area contributed by atoms with Crippen molar-refractivity contribution in [3.63, 3.8) is 0 Å². The van der Waals surface area contributed by atoms with E-state index >= 15 is 0 Å². The van der Waals surface area contributed by atoms with Gasteiger partial charge in [0.05, 0.1) is 0 Å². The van der Waals surface area contributed by atoms with Gasteiger partial charge in [-0.25, -0.2) is 0 Å². The zero-order valence-electron chi connectivity index (χ0n) is 16.5. The van der Waals surface area contributed by atoms with E-state index in [9.17, 15) is 4.79 Å². The van der Waals surface area contributed by atoms with E-state index in [1.54, 1.807) is 0 Å². The molecule has 0 spiro atoms. The Bertz CT molecular complexity index is 747. The molecule has 0 aliphatic carbocycles. The van der Waals surface area contributed by atoms with Crippen molar-refractivity contribution in [1.82, 2.24) is 4.90 Å². The minimum Gasteiger partial charge on any atom is -0.342 e. The number of anilines is 2. The lowest BCUT2D eigenvalue weighted by atomic mass is 9.84. The molecule has 0 saturated carbocycles. The Morgan fingerprint density at radius 2 is 1.62 bits per heavy atom. The highest BCUT2D eigenvalue weighted by Crippen LogP contribution is 2.30. The average Bonchev–Trinajstić information content (AvgIpc) is 2.63. The van der Waals surface area contributed by atoms with Crippen molar-refractivity contribution >= 4 is 17.3 Å². The Morgan fingerprint density at radius 3 is 2.15 bits per heavy atom. The number of hydrogen-bond acceptors (Lipinski definition) is 2.